The molecule has 1 aromatic carbocycles. The van der Waals surface area contributed by atoms with Gasteiger partial charge in [0.1, 0.15) is 11.3 Å². The van der Waals surface area contributed by atoms with Gasteiger partial charge < -0.3 is 14.9 Å². The van der Waals surface area contributed by atoms with Crippen LogP contribution in [0.15, 0.2) is 28.7 Å². The highest BCUT2D eigenvalue weighted by atomic mass is 16.5. The molecule has 0 spiro atoms. The van der Waals surface area contributed by atoms with E-state index in [0.717, 1.165) is 31.0 Å². The summed E-state index contributed by atoms with van der Waals surface area (Å²) in [6, 6.07) is 8.39. The van der Waals surface area contributed by atoms with Crippen molar-refractivity contribution in [3.8, 4) is 0 Å². The van der Waals surface area contributed by atoms with Gasteiger partial charge in [0.15, 0.2) is 0 Å². The Bertz CT molecular complexity index is 593. The topological polar surface area (TPSA) is 51.6 Å². The number of hydrogen-bond acceptors (Lipinski definition) is 4. The smallest absolute Gasteiger partial charge is 0.134 e. The normalized spacial score (nSPS) is 22.2. The van der Waals surface area contributed by atoms with Crippen molar-refractivity contribution in [2.45, 2.75) is 26.0 Å². The summed E-state index contributed by atoms with van der Waals surface area (Å²) in [5, 5.41) is 1.18. The molecule has 1 fully saturated rings. The van der Waals surface area contributed by atoms with Crippen molar-refractivity contribution in [3.05, 3.63) is 35.6 Å². The summed E-state index contributed by atoms with van der Waals surface area (Å²) in [7, 11) is 0. The van der Waals surface area contributed by atoms with Gasteiger partial charge in [-0.3, -0.25) is 4.90 Å². The second-order valence-electron chi connectivity index (χ2n) is 5.50. The number of rotatable bonds is 3. The third kappa shape index (κ3) is 2.35. The molecule has 1 aromatic heterocycles. The molecule has 0 amide bonds. The monoisotopic (exact) mass is 274 g/mol. The lowest BCUT2D eigenvalue weighted by Crippen LogP contribution is -2.45. The van der Waals surface area contributed by atoms with E-state index < -0.39 is 0 Å². The fourth-order valence-electron chi connectivity index (χ4n) is 3.18. The third-order valence-electron chi connectivity index (χ3n) is 4.09. The van der Waals surface area contributed by atoms with Gasteiger partial charge in [-0.05, 0) is 19.9 Å². The Morgan fingerprint density at radius 1 is 1.40 bits per heavy atom. The van der Waals surface area contributed by atoms with Crippen LogP contribution in [0.5, 0.6) is 0 Å². The van der Waals surface area contributed by atoms with Crippen LogP contribution in [0.1, 0.15) is 24.3 Å². The molecule has 2 heterocycles. The Morgan fingerprint density at radius 2 is 2.20 bits per heavy atom. The zero-order chi connectivity index (χ0) is 14.1. The quantitative estimate of drug-likeness (QED) is 0.934. The zero-order valence-corrected chi connectivity index (χ0v) is 12.1. The SMILES string of the molecule is Cc1oc2ccccc2c1C(CN)N1CCOC(C)C1. The fourth-order valence-corrected chi connectivity index (χ4v) is 3.18. The highest BCUT2D eigenvalue weighted by Gasteiger charge is 2.28. The fraction of sp³-hybridized carbons (Fsp3) is 0.500. The summed E-state index contributed by atoms with van der Waals surface area (Å²) in [4.78, 5) is 2.42. The number of fused-ring (bicyclic) bond motifs is 1. The van der Waals surface area contributed by atoms with Gasteiger partial charge in [0.05, 0.1) is 18.8 Å². The van der Waals surface area contributed by atoms with Crippen LogP contribution in [0.3, 0.4) is 0 Å². The molecule has 1 saturated heterocycles. The molecule has 2 N–H and O–H groups in total. The minimum atomic E-state index is 0.199. The van der Waals surface area contributed by atoms with Gasteiger partial charge in [-0.15, -0.1) is 0 Å². The van der Waals surface area contributed by atoms with Gasteiger partial charge in [0.25, 0.3) is 0 Å². The van der Waals surface area contributed by atoms with Crippen LogP contribution < -0.4 is 5.73 Å². The van der Waals surface area contributed by atoms with Crippen molar-refractivity contribution >= 4 is 11.0 Å². The van der Waals surface area contributed by atoms with Crippen LogP contribution in [0, 0.1) is 6.92 Å². The van der Waals surface area contributed by atoms with E-state index in [1.165, 1.54) is 10.9 Å². The lowest BCUT2D eigenvalue weighted by atomic mass is 10.0. The van der Waals surface area contributed by atoms with E-state index in [1.54, 1.807) is 0 Å². The molecule has 2 aromatic rings. The maximum atomic E-state index is 6.08. The first kappa shape index (κ1) is 13.6. The highest BCUT2D eigenvalue weighted by molar-refractivity contribution is 5.82. The first-order chi connectivity index (χ1) is 9.70. The first-order valence-electron chi connectivity index (χ1n) is 7.24. The van der Waals surface area contributed by atoms with E-state index in [9.17, 15) is 0 Å². The van der Waals surface area contributed by atoms with Gasteiger partial charge in [-0.2, -0.15) is 0 Å². The molecule has 0 bridgehead atoms. The van der Waals surface area contributed by atoms with Crippen LogP contribution in [-0.4, -0.2) is 37.2 Å². The summed E-state index contributed by atoms with van der Waals surface area (Å²) >= 11 is 0. The predicted octanol–water partition coefficient (Wildman–Crippen LogP) is 2.46. The van der Waals surface area contributed by atoms with Crippen molar-refractivity contribution < 1.29 is 9.15 Å². The number of nitrogens with two attached hydrogens (primary N) is 1. The molecule has 4 heteroatoms. The number of morpholine rings is 1. The Hall–Kier alpha value is -1.36. The molecular formula is C16H22N2O2. The maximum absolute atomic E-state index is 6.08. The van der Waals surface area contributed by atoms with Gasteiger partial charge >= 0.3 is 0 Å². The summed E-state index contributed by atoms with van der Waals surface area (Å²) in [5.41, 5.74) is 8.25. The Labute approximate surface area is 119 Å². The Balaban J connectivity index is 2.00. The number of aryl methyl sites for hydroxylation is 1. The predicted molar refractivity (Wildman–Crippen MR) is 79.7 cm³/mol. The molecule has 20 heavy (non-hydrogen) atoms. The molecule has 2 atom stereocenters. The number of furan rings is 1. The van der Waals surface area contributed by atoms with Crippen molar-refractivity contribution in [2.75, 3.05) is 26.2 Å². The van der Waals surface area contributed by atoms with E-state index in [-0.39, 0.29) is 12.1 Å². The molecule has 108 valence electrons. The van der Waals surface area contributed by atoms with Crippen LogP contribution in [0.2, 0.25) is 0 Å². The third-order valence-corrected chi connectivity index (χ3v) is 4.09. The molecule has 1 aliphatic rings. The van der Waals surface area contributed by atoms with Crippen LogP contribution >= 0.6 is 0 Å². The average molecular weight is 274 g/mol. The zero-order valence-electron chi connectivity index (χ0n) is 12.1. The lowest BCUT2D eigenvalue weighted by Gasteiger charge is -2.36. The van der Waals surface area contributed by atoms with E-state index in [0.29, 0.717) is 6.54 Å². The second-order valence-corrected chi connectivity index (χ2v) is 5.50. The maximum Gasteiger partial charge on any atom is 0.134 e. The van der Waals surface area contributed by atoms with Crippen LogP contribution in [0.4, 0.5) is 0 Å². The van der Waals surface area contributed by atoms with Gasteiger partial charge in [-0.1, -0.05) is 18.2 Å². The lowest BCUT2D eigenvalue weighted by molar-refractivity contribution is -0.0333. The van der Waals surface area contributed by atoms with Crippen molar-refractivity contribution in [1.29, 1.82) is 0 Å². The molecule has 0 saturated carbocycles. The largest absolute Gasteiger partial charge is 0.461 e. The first-order valence-corrected chi connectivity index (χ1v) is 7.24. The van der Waals surface area contributed by atoms with Gasteiger partial charge in [0, 0.05) is 30.6 Å². The molecule has 4 nitrogen and oxygen atoms in total. The second kappa shape index (κ2) is 5.56. The Kier molecular flexibility index (Phi) is 3.78. The van der Waals surface area contributed by atoms with Crippen molar-refractivity contribution in [1.82, 2.24) is 4.90 Å². The van der Waals surface area contributed by atoms with Crippen LogP contribution in [0.25, 0.3) is 11.0 Å². The van der Waals surface area contributed by atoms with Gasteiger partial charge in [0.2, 0.25) is 0 Å². The number of para-hydroxylation sites is 1. The summed E-state index contributed by atoms with van der Waals surface area (Å²) in [5.74, 6) is 0.973. The number of nitrogens with zero attached hydrogens (tertiary/aromatic N) is 1. The summed E-state index contributed by atoms with van der Waals surface area (Å²) in [6.45, 7) is 7.34. The minimum Gasteiger partial charge on any atom is -0.461 e. The summed E-state index contributed by atoms with van der Waals surface area (Å²) in [6.07, 6.45) is 0.260. The van der Waals surface area contributed by atoms with Crippen molar-refractivity contribution in [3.63, 3.8) is 0 Å². The minimum absolute atomic E-state index is 0.199. The highest BCUT2D eigenvalue weighted by Crippen LogP contribution is 2.33. The van der Waals surface area contributed by atoms with Crippen molar-refractivity contribution in [2.24, 2.45) is 5.73 Å². The molecule has 0 aliphatic carbocycles. The number of ether oxygens (including phenoxy) is 1. The van der Waals surface area contributed by atoms with E-state index in [4.69, 9.17) is 14.9 Å². The van der Waals surface area contributed by atoms with Gasteiger partial charge in [-0.25, -0.2) is 0 Å². The molecule has 0 radical (unpaired) electrons. The standard InChI is InChI=1S/C16H22N2O2/c1-11-10-18(7-8-19-11)14(9-17)16-12(2)20-15-6-4-3-5-13(15)16/h3-6,11,14H,7-10,17H2,1-2H3. The van der Waals surface area contributed by atoms with E-state index >= 15 is 0 Å². The summed E-state index contributed by atoms with van der Waals surface area (Å²) < 4.78 is 11.5. The molecule has 3 rings (SSSR count). The van der Waals surface area contributed by atoms with E-state index in [1.807, 2.05) is 19.1 Å². The average Bonchev–Trinajstić information content (AvgIpc) is 2.77. The number of benzene rings is 1. The Morgan fingerprint density at radius 3 is 2.95 bits per heavy atom. The molecule has 1 aliphatic heterocycles. The van der Waals surface area contributed by atoms with Crippen LogP contribution in [-0.2, 0) is 4.74 Å². The van der Waals surface area contributed by atoms with E-state index in [2.05, 4.69) is 24.0 Å². The molecule has 2 unspecified atom stereocenters. The number of hydrogen-bond donors (Lipinski definition) is 1. The molecular weight excluding hydrogens is 252 g/mol.